The van der Waals surface area contributed by atoms with Crippen LogP contribution in [0.5, 0.6) is 5.75 Å². The lowest BCUT2D eigenvalue weighted by atomic mass is 9.45. The zero-order chi connectivity index (χ0) is 14.2. The van der Waals surface area contributed by atoms with E-state index in [2.05, 4.69) is 46.9 Å². The smallest absolute Gasteiger partial charge is 0.176 e. The molecule has 1 heterocycles. The predicted molar refractivity (Wildman–Crippen MR) is 80.4 cm³/mol. The molecule has 0 N–H and O–H groups in total. The first-order chi connectivity index (χ1) is 8.35. The van der Waals surface area contributed by atoms with Gasteiger partial charge in [-0.25, -0.2) is 0 Å². The van der Waals surface area contributed by atoms with E-state index < -0.39 is 0 Å². The molecule has 3 heteroatoms. The van der Waals surface area contributed by atoms with Crippen molar-refractivity contribution in [3.63, 3.8) is 0 Å². The van der Waals surface area contributed by atoms with E-state index in [0.717, 1.165) is 12.2 Å². The topological polar surface area (TPSA) is 22.1 Å². The molecule has 0 unspecified atom stereocenters. The molecule has 1 aromatic heterocycles. The molecule has 0 saturated heterocycles. The van der Waals surface area contributed by atoms with E-state index in [1.165, 1.54) is 0 Å². The third-order valence-electron chi connectivity index (χ3n) is 2.66. The van der Waals surface area contributed by atoms with Crippen molar-refractivity contribution in [2.24, 2.45) is 0 Å². The number of ether oxygens (including phenoxy) is 1. The highest BCUT2D eigenvalue weighted by atomic mass is 16.5. The van der Waals surface area contributed by atoms with Crippen molar-refractivity contribution in [2.75, 3.05) is 0 Å². The Morgan fingerprint density at radius 1 is 1.22 bits per heavy atom. The van der Waals surface area contributed by atoms with Crippen LogP contribution in [-0.4, -0.2) is 17.8 Å². The Kier molecular flexibility index (Phi) is 7.04. The van der Waals surface area contributed by atoms with Crippen molar-refractivity contribution in [2.45, 2.75) is 65.7 Å². The van der Waals surface area contributed by atoms with Crippen LogP contribution in [0.15, 0.2) is 24.5 Å². The van der Waals surface area contributed by atoms with E-state index in [1.54, 1.807) is 12.4 Å². The molecule has 101 valence electrons. The number of pyridine rings is 1. The standard InChI is InChI=1S/C13H21BNO.C2H6/c1-6-12(2,3)14-13(4,5)16-11-8-7-9-15-10-11;1-2/h7-10H,6H2,1-5H3;1-2H3. The average Bonchev–Trinajstić information content (AvgIpc) is 2.31. The Balaban J connectivity index is 0.00000137. The zero-order valence-corrected chi connectivity index (χ0v) is 12.9. The van der Waals surface area contributed by atoms with Crippen LogP contribution in [-0.2, 0) is 0 Å². The van der Waals surface area contributed by atoms with Gasteiger partial charge in [-0.2, -0.15) is 0 Å². The fourth-order valence-electron chi connectivity index (χ4n) is 1.78. The molecular formula is C15H27BNO. The lowest BCUT2D eigenvalue weighted by Crippen LogP contribution is -2.40. The van der Waals surface area contributed by atoms with Gasteiger partial charge in [-0.15, -0.1) is 0 Å². The van der Waals surface area contributed by atoms with E-state index in [-0.39, 0.29) is 10.8 Å². The van der Waals surface area contributed by atoms with Gasteiger partial charge in [0.05, 0.1) is 11.7 Å². The molecule has 0 atom stereocenters. The molecule has 0 aromatic carbocycles. The minimum atomic E-state index is -0.275. The second-order valence-electron chi connectivity index (χ2n) is 5.38. The first-order valence-electron chi connectivity index (χ1n) is 6.81. The molecule has 2 nitrogen and oxygen atoms in total. The summed E-state index contributed by atoms with van der Waals surface area (Å²) in [5.41, 5.74) is -0.275. The summed E-state index contributed by atoms with van der Waals surface area (Å²) in [4.78, 5) is 4.05. The highest BCUT2D eigenvalue weighted by molar-refractivity contribution is 6.43. The number of rotatable bonds is 5. The van der Waals surface area contributed by atoms with E-state index >= 15 is 0 Å². The molecule has 0 amide bonds. The van der Waals surface area contributed by atoms with Crippen LogP contribution in [0.1, 0.15) is 54.9 Å². The van der Waals surface area contributed by atoms with Crippen LogP contribution in [0.2, 0.25) is 5.31 Å². The average molecular weight is 248 g/mol. The van der Waals surface area contributed by atoms with Gasteiger partial charge in [-0.3, -0.25) is 4.98 Å². The van der Waals surface area contributed by atoms with Crippen LogP contribution in [0.3, 0.4) is 0 Å². The molecule has 0 saturated carbocycles. The first-order valence-corrected chi connectivity index (χ1v) is 6.81. The van der Waals surface area contributed by atoms with Gasteiger partial charge in [0.15, 0.2) is 7.28 Å². The number of aromatic nitrogens is 1. The molecule has 0 fully saturated rings. The van der Waals surface area contributed by atoms with Crippen molar-refractivity contribution in [1.82, 2.24) is 4.98 Å². The number of hydrogen-bond donors (Lipinski definition) is 0. The van der Waals surface area contributed by atoms with Crippen LogP contribution in [0.25, 0.3) is 0 Å². The van der Waals surface area contributed by atoms with E-state index in [1.807, 2.05) is 26.0 Å². The molecule has 0 aliphatic heterocycles. The maximum Gasteiger partial charge on any atom is 0.176 e. The molecule has 1 aromatic rings. The third kappa shape index (κ3) is 6.68. The Labute approximate surface area is 113 Å². The van der Waals surface area contributed by atoms with Gasteiger partial charge in [0.1, 0.15) is 5.75 Å². The van der Waals surface area contributed by atoms with Crippen molar-refractivity contribution < 1.29 is 4.74 Å². The normalized spacial score (nSPS) is 11.3. The van der Waals surface area contributed by atoms with Gasteiger partial charge < -0.3 is 4.74 Å². The van der Waals surface area contributed by atoms with Crippen LogP contribution >= 0.6 is 0 Å². The summed E-state index contributed by atoms with van der Waals surface area (Å²) < 4.78 is 5.92. The fraction of sp³-hybridized carbons (Fsp3) is 0.667. The largest absolute Gasteiger partial charge is 0.496 e. The van der Waals surface area contributed by atoms with Crippen molar-refractivity contribution >= 4 is 7.28 Å². The molecule has 0 spiro atoms. The van der Waals surface area contributed by atoms with Crippen molar-refractivity contribution in [1.29, 1.82) is 0 Å². The Morgan fingerprint density at radius 3 is 2.28 bits per heavy atom. The molecule has 0 aliphatic carbocycles. The van der Waals surface area contributed by atoms with Crippen molar-refractivity contribution in [3.8, 4) is 5.75 Å². The van der Waals surface area contributed by atoms with Gasteiger partial charge >= 0.3 is 0 Å². The summed E-state index contributed by atoms with van der Waals surface area (Å²) in [6.07, 6.45) is 4.60. The Hall–Kier alpha value is -0.985. The Morgan fingerprint density at radius 2 is 1.83 bits per heavy atom. The lowest BCUT2D eigenvalue weighted by molar-refractivity contribution is 0.188. The maximum atomic E-state index is 5.92. The number of nitrogens with zero attached hydrogens (tertiary/aromatic N) is 1. The van der Waals surface area contributed by atoms with E-state index in [4.69, 9.17) is 4.74 Å². The maximum absolute atomic E-state index is 5.92. The minimum Gasteiger partial charge on any atom is -0.496 e. The first kappa shape index (κ1) is 17.0. The molecule has 1 radical (unpaired) electrons. The van der Waals surface area contributed by atoms with Gasteiger partial charge in [0.25, 0.3) is 0 Å². The lowest BCUT2D eigenvalue weighted by Gasteiger charge is -2.33. The van der Waals surface area contributed by atoms with Crippen LogP contribution in [0, 0.1) is 0 Å². The quantitative estimate of drug-likeness (QED) is 0.714. The van der Waals surface area contributed by atoms with Crippen LogP contribution in [0.4, 0.5) is 0 Å². The highest BCUT2D eigenvalue weighted by Gasteiger charge is 2.30. The monoisotopic (exact) mass is 248 g/mol. The van der Waals surface area contributed by atoms with Gasteiger partial charge in [-0.05, 0) is 26.0 Å². The summed E-state index contributed by atoms with van der Waals surface area (Å²) in [6, 6.07) is 3.82. The van der Waals surface area contributed by atoms with Gasteiger partial charge in [0, 0.05) is 6.20 Å². The summed E-state index contributed by atoms with van der Waals surface area (Å²) >= 11 is 0. The minimum absolute atomic E-state index is 0.186. The van der Waals surface area contributed by atoms with Gasteiger partial charge in [0.2, 0.25) is 0 Å². The summed E-state index contributed by atoms with van der Waals surface area (Å²) in [6.45, 7) is 14.8. The van der Waals surface area contributed by atoms with Crippen molar-refractivity contribution in [3.05, 3.63) is 24.5 Å². The highest BCUT2D eigenvalue weighted by Crippen LogP contribution is 2.32. The third-order valence-corrected chi connectivity index (χ3v) is 2.66. The van der Waals surface area contributed by atoms with Crippen LogP contribution < -0.4 is 4.74 Å². The molecule has 0 bridgehead atoms. The molecule has 18 heavy (non-hydrogen) atoms. The van der Waals surface area contributed by atoms with Gasteiger partial charge in [-0.1, -0.05) is 46.4 Å². The predicted octanol–water partition coefficient (Wildman–Crippen LogP) is 4.54. The fourth-order valence-corrected chi connectivity index (χ4v) is 1.78. The summed E-state index contributed by atoms with van der Waals surface area (Å²) in [5, 5.41) is 0.186. The summed E-state index contributed by atoms with van der Waals surface area (Å²) in [5.74, 6) is 0.815. The SMILES string of the molecule is CC.CCC(C)(C)[B]C(C)(C)Oc1cccnc1. The molecule has 0 aliphatic rings. The number of hydrogen-bond acceptors (Lipinski definition) is 2. The second kappa shape index (κ2) is 7.45. The summed E-state index contributed by atoms with van der Waals surface area (Å²) in [7, 11) is 2.26. The zero-order valence-electron chi connectivity index (χ0n) is 12.9. The second-order valence-corrected chi connectivity index (χ2v) is 5.38. The van der Waals surface area contributed by atoms with E-state index in [0.29, 0.717) is 0 Å². The molecule has 1 rings (SSSR count). The Bertz CT molecular complexity index is 323. The molecular weight excluding hydrogens is 221 g/mol. The van der Waals surface area contributed by atoms with E-state index in [9.17, 15) is 0 Å².